The van der Waals surface area contributed by atoms with E-state index in [0.717, 1.165) is 5.69 Å². The van der Waals surface area contributed by atoms with Crippen molar-refractivity contribution in [1.29, 1.82) is 0 Å². The first-order valence-corrected chi connectivity index (χ1v) is 8.90. The summed E-state index contributed by atoms with van der Waals surface area (Å²) in [7, 11) is 0. The molecule has 1 aromatic carbocycles. The number of amides is 2. The molecule has 7 nitrogen and oxygen atoms in total. The summed E-state index contributed by atoms with van der Waals surface area (Å²) in [4.78, 5) is 27.9. The Labute approximate surface area is 187 Å². The van der Waals surface area contributed by atoms with Crippen LogP contribution >= 0.6 is 36.4 Å². The lowest BCUT2D eigenvalue weighted by molar-refractivity contribution is -0.125. The lowest BCUT2D eigenvalue weighted by Crippen LogP contribution is -2.46. The predicted octanol–water partition coefficient (Wildman–Crippen LogP) is 3.20. The van der Waals surface area contributed by atoms with Crippen LogP contribution in [-0.4, -0.2) is 29.4 Å². The highest BCUT2D eigenvalue weighted by Gasteiger charge is 2.17. The van der Waals surface area contributed by atoms with Crippen molar-refractivity contribution in [3.05, 3.63) is 53.3 Å². The van der Waals surface area contributed by atoms with Crippen LogP contribution < -0.4 is 21.1 Å². The van der Waals surface area contributed by atoms with Gasteiger partial charge in [0.15, 0.2) is 0 Å². The zero-order valence-electron chi connectivity index (χ0n) is 16.1. The fraction of sp³-hybridized carbons (Fsp3) is 0.316. The Morgan fingerprint density at radius 2 is 1.93 bits per heavy atom. The van der Waals surface area contributed by atoms with Crippen molar-refractivity contribution in [3.63, 3.8) is 0 Å². The number of hydrogen-bond donors (Lipinski definition) is 3. The first-order chi connectivity index (χ1) is 12.9. The standard InChI is InChI=1S/C19H23ClN4O3.2ClH/c1-12(2)18(21)19(26)23-10-17(25)24-13-6-7-16(15(20)9-13)27-11-14-5-3-4-8-22-14;;/h3-9,12,18H,10-11,21H2,1-2H3,(H,23,26)(H,24,25);2*1H/t18-;;/m0../s1. The molecule has 0 aliphatic rings. The fourth-order valence-electron chi connectivity index (χ4n) is 2.12. The Morgan fingerprint density at radius 1 is 1.21 bits per heavy atom. The third kappa shape index (κ3) is 8.87. The third-order valence-electron chi connectivity index (χ3n) is 3.76. The molecule has 0 unspecified atom stereocenters. The topological polar surface area (TPSA) is 106 Å². The number of halogens is 3. The second-order valence-corrected chi connectivity index (χ2v) is 6.70. The second-order valence-electron chi connectivity index (χ2n) is 6.29. The second kappa shape index (κ2) is 13.2. The zero-order chi connectivity index (χ0) is 19.8. The average molecular weight is 464 g/mol. The Morgan fingerprint density at radius 3 is 2.52 bits per heavy atom. The van der Waals surface area contributed by atoms with E-state index in [4.69, 9.17) is 22.1 Å². The molecule has 1 atom stereocenters. The molecule has 29 heavy (non-hydrogen) atoms. The Bertz CT molecular complexity index is 792. The molecule has 0 radical (unpaired) electrons. The molecule has 2 aromatic rings. The van der Waals surface area contributed by atoms with E-state index < -0.39 is 6.04 Å². The van der Waals surface area contributed by atoms with Crippen molar-refractivity contribution in [2.24, 2.45) is 11.7 Å². The van der Waals surface area contributed by atoms with E-state index in [2.05, 4.69) is 15.6 Å². The molecule has 1 aromatic heterocycles. The van der Waals surface area contributed by atoms with Gasteiger partial charge in [-0.05, 0) is 36.2 Å². The van der Waals surface area contributed by atoms with Crippen LogP contribution in [0.2, 0.25) is 5.02 Å². The van der Waals surface area contributed by atoms with Crippen molar-refractivity contribution in [3.8, 4) is 5.75 Å². The van der Waals surface area contributed by atoms with Gasteiger partial charge in [-0.1, -0.05) is 31.5 Å². The first kappa shape index (κ1) is 26.9. The van der Waals surface area contributed by atoms with Crippen LogP contribution in [0.3, 0.4) is 0 Å². The molecule has 2 rings (SSSR count). The quantitative estimate of drug-likeness (QED) is 0.557. The van der Waals surface area contributed by atoms with Gasteiger partial charge in [0.2, 0.25) is 11.8 Å². The molecule has 1 heterocycles. The van der Waals surface area contributed by atoms with Gasteiger partial charge in [0, 0.05) is 11.9 Å². The number of aromatic nitrogens is 1. The van der Waals surface area contributed by atoms with Crippen LogP contribution in [0, 0.1) is 5.92 Å². The number of pyridine rings is 1. The van der Waals surface area contributed by atoms with Gasteiger partial charge in [-0.2, -0.15) is 0 Å². The number of carbonyl (C=O) groups excluding carboxylic acids is 2. The van der Waals surface area contributed by atoms with Crippen molar-refractivity contribution in [1.82, 2.24) is 10.3 Å². The minimum absolute atomic E-state index is 0. The molecule has 0 aliphatic carbocycles. The SMILES string of the molecule is CC(C)[C@H](N)C(=O)NCC(=O)Nc1ccc(OCc2ccccn2)c(Cl)c1.Cl.Cl. The van der Waals surface area contributed by atoms with E-state index in [1.54, 1.807) is 24.4 Å². The van der Waals surface area contributed by atoms with E-state index in [9.17, 15) is 9.59 Å². The number of nitrogens with one attached hydrogen (secondary N) is 2. The maximum absolute atomic E-state index is 12.0. The van der Waals surface area contributed by atoms with Crippen molar-refractivity contribution in [2.45, 2.75) is 26.5 Å². The Balaban J connectivity index is 0.00000392. The maximum Gasteiger partial charge on any atom is 0.243 e. The number of anilines is 1. The monoisotopic (exact) mass is 462 g/mol. The molecule has 4 N–H and O–H groups in total. The molecule has 160 valence electrons. The van der Waals surface area contributed by atoms with Gasteiger partial charge in [-0.25, -0.2) is 0 Å². The highest BCUT2D eigenvalue weighted by atomic mass is 35.5. The van der Waals surface area contributed by atoms with E-state index in [1.165, 1.54) is 0 Å². The van der Waals surface area contributed by atoms with Crippen molar-refractivity contribution in [2.75, 3.05) is 11.9 Å². The van der Waals surface area contributed by atoms with E-state index >= 15 is 0 Å². The fourth-order valence-corrected chi connectivity index (χ4v) is 2.36. The summed E-state index contributed by atoms with van der Waals surface area (Å²) in [6, 6.07) is 9.80. The largest absolute Gasteiger partial charge is 0.486 e. The van der Waals surface area contributed by atoms with Gasteiger partial charge >= 0.3 is 0 Å². The van der Waals surface area contributed by atoms with Gasteiger partial charge in [-0.3, -0.25) is 14.6 Å². The Hall–Kier alpha value is -2.06. The number of hydrogen-bond acceptors (Lipinski definition) is 5. The normalized spacial score (nSPS) is 10.9. The minimum Gasteiger partial charge on any atom is -0.486 e. The van der Waals surface area contributed by atoms with Crippen molar-refractivity contribution >= 4 is 53.9 Å². The molecule has 0 saturated carbocycles. The van der Waals surface area contributed by atoms with Crippen LogP contribution in [0.4, 0.5) is 5.69 Å². The van der Waals surface area contributed by atoms with Crippen LogP contribution in [0.25, 0.3) is 0 Å². The van der Waals surface area contributed by atoms with Gasteiger partial charge < -0.3 is 21.1 Å². The zero-order valence-corrected chi connectivity index (χ0v) is 18.4. The number of ether oxygens (including phenoxy) is 1. The molecular weight excluding hydrogens is 439 g/mol. The van der Waals surface area contributed by atoms with Crippen molar-refractivity contribution < 1.29 is 14.3 Å². The van der Waals surface area contributed by atoms with E-state index in [0.29, 0.717) is 16.5 Å². The van der Waals surface area contributed by atoms with Crippen LogP contribution in [0.5, 0.6) is 5.75 Å². The molecule has 2 amide bonds. The summed E-state index contributed by atoms with van der Waals surface area (Å²) in [5.41, 5.74) is 7.00. The maximum atomic E-state index is 12.0. The summed E-state index contributed by atoms with van der Waals surface area (Å²) in [6.07, 6.45) is 1.69. The number of rotatable bonds is 8. The summed E-state index contributed by atoms with van der Waals surface area (Å²) in [5, 5.41) is 5.52. The smallest absolute Gasteiger partial charge is 0.243 e. The first-order valence-electron chi connectivity index (χ1n) is 8.52. The predicted molar refractivity (Wildman–Crippen MR) is 119 cm³/mol. The van der Waals surface area contributed by atoms with Gasteiger partial charge in [-0.15, -0.1) is 24.8 Å². The van der Waals surface area contributed by atoms with E-state index in [-0.39, 0.29) is 55.7 Å². The lowest BCUT2D eigenvalue weighted by atomic mass is 10.1. The highest BCUT2D eigenvalue weighted by molar-refractivity contribution is 6.32. The van der Waals surface area contributed by atoms with E-state index in [1.807, 2.05) is 32.0 Å². The van der Waals surface area contributed by atoms with Gasteiger partial charge in [0.1, 0.15) is 12.4 Å². The summed E-state index contributed by atoms with van der Waals surface area (Å²) < 4.78 is 5.63. The number of nitrogens with two attached hydrogens (primary N) is 1. The lowest BCUT2D eigenvalue weighted by Gasteiger charge is -2.15. The van der Waals surface area contributed by atoms with Crippen LogP contribution in [-0.2, 0) is 16.2 Å². The molecule has 0 aliphatic heterocycles. The highest BCUT2D eigenvalue weighted by Crippen LogP contribution is 2.28. The number of carbonyl (C=O) groups is 2. The molecule has 10 heteroatoms. The molecule has 0 bridgehead atoms. The summed E-state index contributed by atoms with van der Waals surface area (Å²) >= 11 is 6.20. The van der Waals surface area contributed by atoms with Gasteiger partial charge in [0.25, 0.3) is 0 Å². The van der Waals surface area contributed by atoms with Crippen LogP contribution in [0.1, 0.15) is 19.5 Å². The minimum atomic E-state index is -0.650. The number of benzene rings is 1. The summed E-state index contributed by atoms with van der Waals surface area (Å²) in [5.74, 6) is -0.268. The molecular formula is C19H25Cl3N4O3. The summed E-state index contributed by atoms with van der Waals surface area (Å²) in [6.45, 7) is 3.79. The molecule has 0 fully saturated rings. The molecule has 0 spiro atoms. The molecule has 0 saturated heterocycles. The van der Waals surface area contributed by atoms with Gasteiger partial charge in [0.05, 0.1) is 23.3 Å². The third-order valence-corrected chi connectivity index (χ3v) is 4.06. The number of nitrogens with zero attached hydrogens (tertiary/aromatic N) is 1. The van der Waals surface area contributed by atoms with Crippen LogP contribution in [0.15, 0.2) is 42.6 Å². The average Bonchev–Trinajstić information content (AvgIpc) is 2.65. The Kier molecular flexibility index (Phi) is 12.3.